The molecule has 18 heavy (non-hydrogen) atoms. The van der Waals surface area contributed by atoms with Crippen molar-refractivity contribution in [3.05, 3.63) is 33.3 Å². The summed E-state index contributed by atoms with van der Waals surface area (Å²) in [6.07, 6.45) is 2.17. The highest BCUT2D eigenvalue weighted by molar-refractivity contribution is 9.10. The Morgan fingerprint density at radius 2 is 2.33 bits per heavy atom. The van der Waals surface area contributed by atoms with Gasteiger partial charge in [-0.15, -0.1) is 0 Å². The fraction of sp³-hybridized carbons (Fsp3) is 0.462. The van der Waals surface area contributed by atoms with E-state index in [1.807, 2.05) is 6.07 Å². The van der Waals surface area contributed by atoms with Crippen LogP contribution in [0.2, 0.25) is 5.02 Å². The first kappa shape index (κ1) is 13.8. The van der Waals surface area contributed by atoms with E-state index in [0.29, 0.717) is 11.4 Å². The number of hydrogen-bond acceptors (Lipinski definition) is 2. The molecule has 0 saturated carbocycles. The van der Waals surface area contributed by atoms with Gasteiger partial charge in [-0.1, -0.05) is 27.5 Å². The minimum Gasteiger partial charge on any atom is -0.394 e. The standard InChI is InChI=1S/C13H15BrClNO2/c14-12-4-3-10(15)6-9(12)7-13(18)16-5-1-2-11(16)8-17/h3-4,6,11,17H,1-2,5,7-8H2/t11-/m1/s1. The molecule has 1 aliphatic rings. The van der Waals surface area contributed by atoms with Gasteiger partial charge in [0.25, 0.3) is 0 Å². The fourth-order valence-electron chi connectivity index (χ4n) is 2.30. The van der Waals surface area contributed by atoms with E-state index >= 15 is 0 Å². The molecular formula is C13H15BrClNO2. The number of likely N-dealkylation sites (tertiary alicyclic amines) is 1. The summed E-state index contributed by atoms with van der Waals surface area (Å²) in [4.78, 5) is 14.0. The number of rotatable bonds is 3. The Balaban J connectivity index is 2.09. The molecule has 1 atom stereocenters. The molecule has 0 aromatic heterocycles. The predicted molar refractivity (Wildman–Crippen MR) is 74.7 cm³/mol. The smallest absolute Gasteiger partial charge is 0.227 e. The third kappa shape index (κ3) is 3.05. The number of amides is 1. The molecule has 5 heteroatoms. The number of nitrogens with zero attached hydrogens (tertiary/aromatic N) is 1. The van der Waals surface area contributed by atoms with Crippen LogP contribution in [0.1, 0.15) is 18.4 Å². The molecule has 1 heterocycles. The van der Waals surface area contributed by atoms with Crippen LogP contribution in [0.5, 0.6) is 0 Å². The highest BCUT2D eigenvalue weighted by atomic mass is 79.9. The van der Waals surface area contributed by atoms with Crippen LogP contribution >= 0.6 is 27.5 Å². The highest BCUT2D eigenvalue weighted by Gasteiger charge is 2.28. The van der Waals surface area contributed by atoms with E-state index < -0.39 is 0 Å². The van der Waals surface area contributed by atoms with Gasteiger partial charge >= 0.3 is 0 Å². The summed E-state index contributed by atoms with van der Waals surface area (Å²) in [5, 5.41) is 9.85. The van der Waals surface area contributed by atoms with Crippen LogP contribution in [0.4, 0.5) is 0 Å². The van der Waals surface area contributed by atoms with Crippen LogP contribution in [-0.4, -0.2) is 35.1 Å². The van der Waals surface area contributed by atoms with Gasteiger partial charge in [0.15, 0.2) is 0 Å². The lowest BCUT2D eigenvalue weighted by molar-refractivity contribution is -0.132. The first-order chi connectivity index (χ1) is 8.61. The molecule has 0 aliphatic carbocycles. The van der Waals surface area contributed by atoms with Gasteiger partial charge in [0.1, 0.15) is 0 Å². The summed E-state index contributed by atoms with van der Waals surface area (Å²) in [5.74, 6) is 0.0505. The molecule has 1 fully saturated rings. The van der Waals surface area contributed by atoms with Gasteiger partial charge in [0, 0.05) is 16.0 Å². The number of aliphatic hydroxyl groups is 1. The number of carbonyl (C=O) groups is 1. The zero-order chi connectivity index (χ0) is 13.1. The maximum atomic E-state index is 12.2. The summed E-state index contributed by atoms with van der Waals surface area (Å²) < 4.78 is 0.889. The van der Waals surface area contributed by atoms with Crippen molar-refractivity contribution >= 4 is 33.4 Å². The maximum absolute atomic E-state index is 12.2. The lowest BCUT2D eigenvalue weighted by Gasteiger charge is -2.23. The van der Waals surface area contributed by atoms with E-state index in [4.69, 9.17) is 11.6 Å². The molecule has 1 N–H and O–H groups in total. The molecule has 1 saturated heterocycles. The van der Waals surface area contributed by atoms with Gasteiger partial charge in [-0.3, -0.25) is 4.79 Å². The zero-order valence-electron chi connectivity index (χ0n) is 9.90. The van der Waals surface area contributed by atoms with Gasteiger partial charge < -0.3 is 10.0 Å². The highest BCUT2D eigenvalue weighted by Crippen LogP contribution is 2.24. The molecular weight excluding hydrogens is 318 g/mol. The Hall–Kier alpha value is -0.580. The molecule has 2 rings (SSSR count). The Kier molecular flexibility index (Phi) is 4.65. The normalized spacial score (nSPS) is 19.3. The van der Waals surface area contributed by atoms with Crippen molar-refractivity contribution in [1.29, 1.82) is 0 Å². The van der Waals surface area contributed by atoms with E-state index in [9.17, 15) is 9.90 Å². The SMILES string of the molecule is O=C(Cc1cc(Cl)ccc1Br)N1CCC[C@@H]1CO. The molecule has 3 nitrogen and oxygen atoms in total. The first-order valence-electron chi connectivity index (χ1n) is 5.96. The third-order valence-electron chi connectivity index (χ3n) is 3.26. The van der Waals surface area contributed by atoms with Crippen molar-refractivity contribution in [2.24, 2.45) is 0 Å². The molecule has 0 bridgehead atoms. The Morgan fingerprint density at radius 1 is 1.56 bits per heavy atom. The second-order valence-electron chi connectivity index (χ2n) is 4.48. The van der Waals surface area contributed by atoms with E-state index in [1.54, 1.807) is 17.0 Å². The van der Waals surface area contributed by atoms with Crippen molar-refractivity contribution in [3.63, 3.8) is 0 Å². The van der Waals surface area contributed by atoms with E-state index in [2.05, 4.69) is 15.9 Å². The van der Waals surface area contributed by atoms with E-state index in [0.717, 1.165) is 29.4 Å². The molecule has 1 aliphatic heterocycles. The second-order valence-corrected chi connectivity index (χ2v) is 5.77. The minimum absolute atomic E-state index is 0.0181. The topological polar surface area (TPSA) is 40.5 Å². The zero-order valence-corrected chi connectivity index (χ0v) is 12.2. The number of hydrogen-bond donors (Lipinski definition) is 1. The van der Waals surface area contributed by atoms with Crippen LogP contribution in [0, 0.1) is 0 Å². The van der Waals surface area contributed by atoms with Gasteiger partial charge in [0.2, 0.25) is 5.91 Å². The molecule has 98 valence electrons. The number of benzene rings is 1. The average molecular weight is 333 g/mol. The van der Waals surface area contributed by atoms with Crippen molar-refractivity contribution in [3.8, 4) is 0 Å². The summed E-state index contributed by atoms with van der Waals surface area (Å²) in [6.45, 7) is 0.782. The Bertz CT molecular complexity index is 453. The van der Waals surface area contributed by atoms with Crippen LogP contribution in [0.3, 0.4) is 0 Å². The molecule has 1 aromatic rings. The maximum Gasteiger partial charge on any atom is 0.227 e. The second kappa shape index (κ2) is 6.04. The Labute approximate surface area is 120 Å². The van der Waals surface area contributed by atoms with Crippen LogP contribution in [0.25, 0.3) is 0 Å². The molecule has 1 aromatic carbocycles. The number of carbonyl (C=O) groups excluding carboxylic acids is 1. The number of halogens is 2. The first-order valence-corrected chi connectivity index (χ1v) is 7.13. The predicted octanol–water partition coefficient (Wildman–Crippen LogP) is 2.63. The van der Waals surface area contributed by atoms with Crippen LogP contribution in [-0.2, 0) is 11.2 Å². The van der Waals surface area contributed by atoms with E-state index in [-0.39, 0.29) is 18.6 Å². The van der Waals surface area contributed by atoms with Crippen LogP contribution < -0.4 is 0 Å². The van der Waals surface area contributed by atoms with Crippen molar-refractivity contribution in [1.82, 2.24) is 4.90 Å². The largest absolute Gasteiger partial charge is 0.394 e. The monoisotopic (exact) mass is 331 g/mol. The Morgan fingerprint density at radius 3 is 3.06 bits per heavy atom. The quantitative estimate of drug-likeness (QED) is 0.924. The van der Waals surface area contributed by atoms with Gasteiger partial charge in [-0.25, -0.2) is 0 Å². The molecule has 0 radical (unpaired) electrons. The lowest BCUT2D eigenvalue weighted by Crippen LogP contribution is -2.38. The van der Waals surface area contributed by atoms with Gasteiger partial charge in [-0.05, 0) is 36.6 Å². The lowest BCUT2D eigenvalue weighted by atomic mass is 10.1. The van der Waals surface area contributed by atoms with Crippen molar-refractivity contribution in [2.75, 3.05) is 13.2 Å². The van der Waals surface area contributed by atoms with Crippen molar-refractivity contribution < 1.29 is 9.90 Å². The summed E-state index contributed by atoms with van der Waals surface area (Å²) in [7, 11) is 0. The third-order valence-corrected chi connectivity index (χ3v) is 4.27. The summed E-state index contributed by atoms with van der Waals surface area (Å²) in [5.41, 5.74) is 0.885. The molecule has 1 amide bonds. The van der Waals surface area contributed by atoms with Gasteiger partial charge in [-0.2, -0.15) is 0 Å². The van der Waals surface area contributed by atoms with Crippen molar-refractivity contribution in [2.45, 2.75) is 25.3 Å². The summed E-state index contributed by atoms with van der Waals surface area (Å²) >= 11 is 9.35. The van der Waals surface area contributed by atoms with Crippen LogP contribution in [0.15, 0.2) is 22.7 Å². The molecule has 0 spiro atoms. The van der Waals surface area contributed by atoms with E-state index in [1.165, 1.54) is 0 Å². The summed E-state index contributed by atoms with van der Waals surface area (Å²) in [6, 6.07) is 5.41. The van der Waals surface area contributed by atoms with Gasteiger partial charge in [0.05, 0.1) is 19.1 Å². The number of aliphatic hydroxyl groups excluding tert-OH is 1. The fourth-order valence-corrected chi connectivity index (χ4v) is 2.88. The minimum atomic E-state index is -0.0181. The average Bonchev–Trinajstić information content (AvgIpc) is 2.82. The molecule has 0 unspecified atom stereocenters.